The highest BCUT2D eigenvalue weighted by molar-refractivity contribution is 6.18. The highest BCUT2D eigenvalue weighted by Gasteiger charge is 2.40. The normalized spacial score (nSPS) is 20.2. The van der Waals surface area contributed by atoms with Crippen LogP contribution in [-0.2, 0) is 4.74 Å². The van der Waals surface area contributed by atoms with Crippen molar-refractivity contribution in [1.29, 1.82) is 0 Å². The van der Waals surface area contributed by atoms with E-state index in [1.165, 1.54) is 25.7 Å². The maximum atomic E-state index is 5.83. The van der Waals surface area contributed by atoms with Crippen LogP contribution in [-0.4, -0.2) is 19.1 Å². The summed E-state index contributed by atoms with van der Waals surface area (Å²) in [6.07, 6.45) is 5.11. The fourth-order valence-corrected chi connectivity index (χ4v) is 1.72. The number of ether oxygens (including phenoxy) is 1. The average molecular weight is 177 g/mol. The third-order valence-electron chi connectivity index (χ3n) is 2.44. The smallest absolute Gasteiger partial charge is 0.0466 e. The Hall–Kier alpha value is 0.250. The predicted octanol–water partition coefficient (Wildman–Crippen LogP) is 2.82. The third kappa shape index (κ3) is 3.00. The number of rotatable bonds is 6. The molecule has 0 atom stereocenters. The predicted molar refractivity (Wildman–Crippen MR) is 48.1 cm³/mol. The van der Waals surface area contributed by atoms with Crippen LogP contribution in [0.1, 0.15) is 32.6 Å². The Morgan fingerprint density at radius 3 is 2.64 bits per heavy atom. The number of alkyl halides is 1. The second kappa shape index (κ2) is 4.32. The zero-order chi connectivity index (χ0) is 8.16. The third-order valence-corrected chi connectivity index (χ3v) is 3.01. The van der Waals surface area contributed by atoms with Gasteiger partial charge in [-0.1, -0.05) is 0 Å². The van der Waals surface area contributed by atoms with Gasteiger partial charge in [-0.15, -0.1) is 11.6 Å². The van der Waals surface area contributed by atoms with Gasteiger partial charge in [0, 0.05) is 19.1 Å². The Morgan fingerprint density at radius 2 is 2.18 bits per heavy atom. The lowest BCUT2D eigenvalue weighted by atomic mass is 10.0. The number of halogens is 1. The fourth-order valence-electron chi connectivity index (χ4n) is 1.32. The van der Waals surface area contributed by atoms with Crippen molar-refractivity contribution in [3.8, 4) is 0 Å². The van der Waals surface area contributed by atoms with Crippen LogP contribution in [0, 0.1) is 5.41 Å². The summed E-state index contributed by atoms with van der Waals surface area (Å²) in [5, 5.41) is 0. The molecule has 1 aliphatic carbocycles. The van der Waals surface area contributed by atoms with Crippen LogP contribution < -0.4 is 0 Å². The van der Waals surface area contributed by atoms with E-state index in [-0.39, 0.29) is 0 Å². The van der Waals surface area contributed by atoms with Crippen molar-refractivity contribution in [2.75, 3.05) is 19.1 Å². The lowest BCUT2D eigenvalue weighted by Gasteiger charge is -2.09. The summed E-state index contributed by atoms with van der Waals surface area (Å²) in [4.78, 5) is 0. The molecule has 1 saturated carbocycles. The minimum atomic E-state index is 0.526. The molecule has 66 valence electrons. The van der Waals surface area contributed by atoms with Crippen molar-refractivity contribution >= 4 is 11.6 Å². The second-order valence-electron chi connectivity index (χ2n) is 3.43. The molecule has 2 heteroatoms. The van der Waals surface area contributed by atoms with Gasteiger partial charge in [0.2, 0.25) is 0 Å². The maximum absolute atomic E-state index is 5.83. The summed E-state index contributed by atoms with van der Waals surface area (Å²) in [7, 11) is 0. The molecule has 0 saturated heterocycles. The molecule has 1 rings (SSSR count). The van der Waals surface area contributed by atoms with Crippen molar-refractivity contribution in [2.45, 2.75) is 32.6 Å². The quantitative estimate of drug-likeness (QED) is 0.447. The van der Waals surface area contributed by atoms with Gasteiger partial charge in [-0.25, -0.2) is 0 Å². The van der Waals surface area contributed by atoms with Gasteiger partial charge in [-0.2, -0.15) is 0 Å². The Balaban J connectivity index is 1.94. The molecule has 1 nitrogen and oxygen atoms in total. The molecule has 0 radical (unpaired) electrons. The van der Waals surface area contributed by atoms with Gasteiger partial charge in [0.25, 0.3) is 0 Å². The SMILES string of the molecule is CCOCCCC1(CCl)CC1. The van der Waals surface area contributed by atoms with Crippen molar-refractivity contribution < 1.29 is 4.74 Å². The van der Waals surface area contributed by atoms with Gasteiger partial charge in [0.15, 0.2) is 0 Å². The van der Waals surface area contributed by atoms with Crippen molar-refractivity contribution in [1.82, 2.24) is 0 Å². The molecule has 0 aromatic heterocycles. The first-order valence-corrected chi connectivity index (χ1v) is 5.00. The lowest BCUT2D eigenvalue weighted by molar-refractivity contribution is 0.139. The standard InChI is InChI=1S/C9H17ClO/c1-2-11-7-3-4-9(8-10)5-6-9/h2-8H2,1H3. The molecule has 0 spiro atoms. The Labute approximate surface area is 74.1 Å². The first-order chi connectivity index (χ1) is 5.33. The summed E-state index contributed by atoms with van der Waals surface area (Å²) in [5.74, 6) is 0.846. The van der Waals surface area contributed by atoms with E-state index in [1.807, 2.05) is 6.92 Å². The molecule has 0 aliphatic heterocycles. The highest BCUT2D eigenvalue weighted by Crippen LogP contribution is 2.50. The van der Waals surface area contributed by atoms with Gasteiger partial charge in [-0.05, 0) is 38.0 Å². The zero-order valence-electron chi connectivity index (χ0n) is 7.24. The maximum Gasteiger partial charge on any atom is 0.0466 e. The van der Waals surface area contributed by atoms with Crippen molar-refractivity contribution in [2.24, 2.45) is 5.41 Å². The largest absolute Gasteiger partial charge is 0.382 e. The summed E-state index contributed by atoms with van der Waals surface area (Å²) < 4.78 is 5.26. The van der Waals surface area contributed by atoms with E-state index < -0.39 is 0 Å². The minimum Gasteiger partial charge on any atom is -0.382 e. The first-order valence-electron chi connectivity index (χ1n) is 4.47. The van der Waals surface area contributed by atoms with Crippen LogP contribution in [0.4, 0.5) is 0 Å². The van der Waals surface area contributed by atoms with Gasteiger partial charge in [0.05, 0.1) is 0 Å². The highest BCUT2D eigenvalue weighted by atomic mass is 35.5. The molecule has 0 heterocycles. The van der Waals surface area contributed by atoms with E-state index in [0.717, 1.165) is 19.1 Å². The summed E-state index contributed by atoms with van der Waals surface area (Å²) in [5.41, 5.74) is 0.526. The Bertz CT molecular complexity index is 110. The monoisotopic (exact) mass is 176 g/mol. The molecule has 0 N–H and O–H groups in total. The van der Waals surface area contributed by atoms with Gasteiger partial charge in [-0.3, -0.25) is 0 Å². The van der Waals surface area contributed by atoms with Gasteiger partial charge < -0.3 is 4.74 Å². The van der Waals surface area contributed by atoms with E-state index >= 15 is 0 Å². The molecular weight excluding hydrogens is 160 g/mol. The molecule has 0 aromatic rings. The number of hydrogen-bond donors (Lipinski definition) is 0. The van der Waals surface area contributed by atoms with Crippen LogP contribution in [0.5, 0.6) is 0 Å². The van der Waals surface area contributed by atoms with E-state index in [2.05, 4.69) is 0 Å². The molecule has 0 bridgehead atoms. The van der Waals surface area contributed by atoms with Gasteiger partial charge in [0.1, 0.15) is 0 Å². The summed E-state index contributed by atoms with van der Waals surface area (Å²) in [6, 6.07) is 0. The molecule has 0 unspecified atom stereocenters. The summed E-state index contributed by atoms with van der Waals surface area (Å²) >= 11 is 5.83. The van der Waals surface area contributed by atoms with Crippen LogP contribution in [0.25, 0.3) is 0 Å². The zero-order valence-corrected chi connectivity index (χ0v) is 7.99. The van der Waals surface area contributed by atoms with Crippen molar-refractivity contribution in [3.63, 3.8) is 0 Å². The van der Waals surface area contributed by atoms with Crippen molar-refractivity contribution in [3.05, 3.63) is 0 Å². The minimum absolute atomic E-state index is 0.526. The molecule has 1 fully saturated rings. The van der Waals surface area contributed by atoms with E-state index in [4.69, 9.17) is 16.3 Å². The van der Waals surface area contributed by atoms with E-state index in [1.54, 1.807) is 0 Å². The summed E-state index contributed by atoms with van der Waals surface area (Å²) in [6.45, 7) is 3.79. The fraction of sp³-hybridized carbons (Fsp3) is 1.00. The molecule has 1 aliphatic rings. The van der Waals surface area contributed by atoms with Crippen LogP contribution >= 0.6 is 11.6 Å². The van der Waals surface area contributed by atoms with E-state index in [9.17, 15) is 0 Å². The average Bonchev–Trinajstić information content (AvgIpc) is 2.80. The lowest BCUT2D eigenvalue weighted by Crippen LogP contribution is -2.04. The molecule has 11 heavy (non-hydrogen) atoms. The molecular formula is C9H17ClO. The van der Waals surface area contributed by atoms with Crippen LogP contribution in [0.3, 0.4) is 0 Å². The molecule has 0 aromatic carbocycles. The second-order valence-corrected chi connectivity index (χ2v) is 3.70. The Kier molecular flexibility index (Phi) is 3.67. The topological polar surface area (TPSA) is 9.23 Å². The van der Waals surface area contributed by atoms with Crippen LogP contribution in [0.2, 0.25) is 0 Å². The van der Waals surface area contributed by atoms with E-state index in [0.29, 0.717) is 5.41 Å². The van der Waals surface area contributed by atoms with Gasteiger partial charge >= 0.3 is 0 Å². The molecule has 0 amide bonds. The Morgan fingerprint density at radius 1 is 1.45 bits per heavy atom. The number of hydrogen-bond acceptors (Lipinski definition) is 1. The van der Waals surface area contributed by atoms with Crippen LogP contribution in [0.15, 0.2) is 0 Å². The first kappa shape index (κ1) is 9.34.